The average Bonchev–Trinajstić information content (AvgIpc) is 2.83. The number of allylic oxidation sites excluding steroid dienone is 4. The van der Waals surface area contributed by atoms with Gasteiger partial charge >= 0.3 is 0 Å². The number of hydrogen-bond donors (Lipinski definition) is 1. The minimum absolute atomic E-state index is 0.0293. The zero-order chi connectivity index (χ0) is 18.2. The normalized spacial score (nSPS) is 48.8. The molecule has 4 aliphatic carbocycles. The Morgan fingerprint density at radius 1 is 1.28 bits per heavy atom. The Hall–Kier alpha value is -1.29. The smallest absolute Gasteiger partial charge is 0.161 e. The SMILES string of the molecule is CC(=O)[C@@]1(O)CC[C@H]2[C@@H]3C[C@H](F)C4=CC(=O)CC[C@]4(C)C3=CC[C@@]21C. The summed E-state index contributed by atoms with van der Waals surface area (Å²) in [5, 5.41) is 11.1. The van der Waals surface area contributed by atoms with E-state index in [0.29, 0.717) is 37.7 Å². The van der Waals surface area contributed by atoms with Crippen LogP contribution in [0.2, 0.25) is 0 Å². The maximum absolute atomic E-state index is 15.1. The largest absolute Gasteiger partial charge is 0.381 e. The Bertz CT molecular complexity index is 723. The van der Waals surface area contributed by atoms with Crippen LogP contribution in [0.1, 0.15) is 59.3 Å². The summed E-state index contributed by atoms with van der Waals surface area (Å²) in [7, 11) is 0. The number of carbonyl (C=O) groups excluding carboxylic acids is 2. The molecule has 0 aromatic heterocycles. The van der Waals surface area contributed by atoms with Crippen LogP contribution < -0.4 is 0 Å². The van der Waals surface area contributed by atoms with Crippen LogP contribution in [-0.4, -0.2) is 28.4 Å². The Kier molecular flexibility index (Phi) is 3.51. The van der Waals surface area contributed by atoms with Gasteiger partial charge < -0.3 is 5.11 Å². The number of aliphatic hydroxyl groups is 1. The molecule has 0 bridgehead atoms. The molecule has 6 atom stereocenters. The van der Waals surface area contributed by atoms with Gasteiger partial charge in [-0.05, 0) is 62.5 Å². The first-order valence-electron chi connectivity index (χ1n) is 9.46. The number of alkyl halides is 1. The molecule has 0 amide bonds. The summed E-state index contributed by atoms with van der Waals surface area (Å²) in [6.45, 7) is 5.55. The molecule has 4 aliphatic rings. The predicted molar refractivity (Wildman–Crippen MR) is 92.6 cm³/mol. The fourth-order valence-electron chi connectivity index (χ4n) is 6.45. The highest BCUT2D eigenvalue weighted by atomic mass is 19.1. The minimum Gasteiger partial charge on any atom is -0.381 e. The molecule has 0 unspecified atom stereocenters. The van der Waals surface area contributed by atoms with Gasteiger partial charge in [-0.15, -0.1) is 0 Å². The molecule has 4 heteroatoms. The Morgan fingerprint density at radius 3 is 2.68 bits per heavy atom. The second kappa shape index (κ2) is 5.12. The van der Waals surface area contributed by atoms with Crippen molar-refractivity contribution in [3.63, 3.8) is 0 Å². The number of ketones is 2. The molecule has 0 saturated heterocycles. The van der Waals surface area contributed by atoms with Gasteiger partial charge in [-0.2, -0.15) is 0 Å². The molecule has 0 aromatic rings. The zero-order valence-corrected chi connectivity index (χ0v) is 15.3. The van der Waals surface area contributed by atoms with E-state index in [-0.39, 0.29) is 28.8 Å². The number of carbonyl (C=O) groups is 2. The third kappa shape index (κ3) is 2.00. The number of Topliss-reactive ketones (excluding diaryl/α,β-unsaturated/α-hetero) is 1. The molecule has 0 aliphatic heterocycles. The molecule has 3 nitrogen and oxygen atoms in total. The summed E-state index contributed by atoms with van der Waals surface area (Å²) in [5.41, 5.74) is -0.306. The van der Waals surface area contributed by atoms with E-state index in [1.54, 1.807) is 6.08 Å². The topological polar surface area (TPSA) is 54.4 Å². The molecule has 4 rings (SSSR count). The van der Waals surface area contributed by atoms with Crippen molar-refractivity contribution in [1.29, 1.82) is 0 Å². The predicted octanol–water partition coefficient (Wildman–Crippen LogP) is 3.71. The van der Waals surface area contributed by atoms with Crippen molar-refractivity contribution in [2.75, 3.05) is 0 Å². The second-order valence-electron chi connectivity index (χ2n) is 9.05. The van der Waals surface area contributed by atoms with E-state index < -0.39 is 17.2 Å². The monoisotopic (exact) mass is 346 g/mol. The average molecular weight is 346 g/mol. The van der Waals surface area contributed by atoms with Crippen LogP contribution in [0.5, 0.6) is 0 Å². The lowest BCUT2D eigenvalue weighted by Gasteiger charge is -2.55. The van der Waals surface area contributed by atoms with Crippen LogP contribution >= 0.6 is 0 Å². The number of halogens is 1. The lowest BCUT2D eigenvalue weighted by molar-refractivity contribution is -0.150. The van der Waals surface area contributed by atoms with Gasteiger partial charge in [0.05, 0.1) is 0 Å². The van der Waals surface area contributed by atoms with Gasteiger partial charge in [0, 0.05) is 17.3 Å². The van der Waals surface area contributed by atoms with E-state index in [4.69, 9.17) is 0 Å². The number of hydrogen-bond acceptors (Lipinski definition) is 3. The molecule has 0 radical (unpaired) electrons. The van der Waals surface area contributed by atoms with E-state index in [2.05, 4.69) is 13.0 Å². The lowest BCUT2D eigenvalue weighted by Crippen LogP contribution is -2.55. The molecule has 25 heavy (non-hydrogen) atoms. The number of rotatable bonds is 1. The summed E-state index contributed by atoms with van der Waals surface area (Å²) >= 11 is 0. The van der Waals surface area contributed by atoms with E-state index >= 15 is 4.39 Å². The summed E-state index contributed by atoms with van der Waals surface area (Å²) in [6, 6.07) is 0. The van der Waals surface area contributed by atoms with E-state index in [1.807, 2.05) is 6.92 Å². The van der Waals surface area contributed by atoms with Gasteiger partial charge in [0.2, 0.25) is 0 Å². The van der Waals surface area contributed by atoms with Crippen molar-refractivity contribution >= 4 is 11.6 Å². The van der Waals surface area contributed by atoms with Gasteiger partial charge in [0.15, 0.2) is 11.6 Å². The molecule has 0 aromatic carbocycles. The molecular formula is C21H27FO3. The maximum Gasteiger partial charge on any atom is 0.161 e. The lowest BCUT2D eigenvalue weighted by atomic mass is 9.50. The Balaban J connectivity index is 1.81. The standard InChI is InChI=1S/C21H27FO3/c1-12(23)21(25)9-6-16-14-11-18(22)17-10-13(24)4-7-19(17,2)15(14)5-8-20(16,21)3/h5,10,14,16,18,25H,4,6-9,11H2,1-3H3/t14-,16+,18+,19-,20+,21+/m1/s1. The molecule has 2 saturated carbocycles. The van der Waals surface area contributed by atoms with Crippen molar-refractivity contribution < 1.29 is 19.1 Å². The Labute approximate surface area is 148 Å². The third-order valence-electron chi connectivity index (χ3n) is 8.05. The fraction of sp³-hybridized carbons (Fsp3) is 0.714. The number of fused-ring (bicyclic) bond motifs is 5. The van der Waals surface area contributed by atoms with E-state index in [9.17, 15) is 14.7 Å². The fourth-order valence-corrected chi connectivity index (χ4v) is 6.45. The minimum atomic E-state index is -1.30. The van der Waals surface area contributed by atoms with Crippen molar-refractivity contribution in [2.45, 2.75) is 71.1 Å². The van der Waals surface area contributed by atoms with E-state index in [1.165, 1.54) is 12.5 Å². The van der Waals surface area contributed by atoms with E-state index in [0.717, 1.165) is 6.42 Å². The first-order valence-corrected chi connectivity index (χ1v) is 9.46. The first-order chi connectivity index (χ1) is 11.6. The molecule has 0 spiro atoms. The second-order valence-corrected chi connectivity index (χ2v) is 9.05. The van der Waals surface area contributed by atoms with Crippen molar-refractivity contribution in [2.24, 2.45) is 22.7 Å². The van der Waals surface area contributed by atoms with Crippen LogP contribution in [-0.2, 0) is 9.59 Å². The van der Waals surface area contributed by atoms with Gasteiger partial charge in [0.25, 0.3) is 0 Å². The highest BCUT2D eigenvalue weighted by molar-refractivity contribution is 5.92. The molecule has 0 heterocycles. The van der Waals surface area contributed by atoms with Crippen LogP contribution in [0.25, 0.3) is 0 Å². The summed E-state index contributed by atoms with van der Waals surface area (Å²) in [6.07, 6.45) is 5.98. The Morgan fingerprint density at radius 2 is 2.00 bits per heavy atom. The molecular weight excluding hydrogens is 319 g/mol. The van der Waals surface area contributed by atoms with Gasteiger partial charge in [-0.25, -0.2) is 4.39 Å². The maximum atomic E-state index is 15.1. The highest BCUT2D eigenvalue weighted by Crippen LogP contribution is 2.65. The quantitative estimate of drug-likeness (QED) is 0.737. The van der Waals surface area contributed by atoms with Gasteiger partial charge in [-0.1, -0.05) is 25.5 Å². The van der Waals surface area contributed by atoms with Crippen molar-refractivity contribution in [1.82, 2.24) is 0 Å². The van der Waals surface area contributed by atoms with Crippen molar-refractivity contribution in [3.8, 4) is 0 Å². The third-order valence-corrected chi connectivity index (χ3v) is 8.05. The highest BCUT2D eigenvalue weighted by Gasteiger charge is 2.64. The van der Waals surface area contributed by atoms with Gasteiger partial charge in [-0.3, -0.25) is 9.59 Å². The summed E-state index contributed by atoms with van der Waals surface area (Å²) in [5.74, 6) is 0.0341. The molecule has 1 N–H and O–H groups in total. The molecule has 136 valence electrons. The summed E-state index contributed by atoms with van der Waals surface area (Å²) in [4.78, 5) is 24.0. The van der Waals surface area contributed by atoms with Crippen LogP contribution in [0.3, 0.4) is 0 Å². The summed E-state index contributed by atoms with van der Waals surface area (Å²) < 4.78 is 15.1. The first kappa shape index (κ1) is 17.1. The van der Waals surface area contributed by atoms with Gasteiger partial charge in [0.1, 0.15) is 11.8 Å². The van der Waals surface area contributed by atoms with Crippen LogP contribution in [0, 0.1) is 22.7 Å². The van der Waals surface area contributed by atoms with Crippen LogP contribution in [0.15, 0.2) is 23.3 Å². The molecule has 2 fully saturated rings. The van der Waals surface area contributed by atoms with Crippen molar-refractivity contribution in [3.05, 3.63) is 23.3 Å². The van der Waals surface area contributed by atoms with Crippen LogP contribution in [0.4, 0.5) is 4.39 Å². The zero-order valence-electron chi connectivity index (χ0n) is 15.3.